The minimum Gasteiger partial charge on any atom is -0.507 e. The fraction of sp³-hybridized carbons (Fsp3) is 0.238. The highest BCUT2D eigenvalue weighted by Gasteiger charge is 2.30. The zero-order valence-corrected chi connectivity index (χ0v) is 14.3. The van der Waals surface area contributed by atoms with Crippen LogP contribution >= 0.6 is 0 Å². The second kappa shape index (κ2) is 6.67. The SMILES string of the molecule is O=Cc1cc(C(=O)N2CCCCC2c2cc3ccccc3[nH]2)ccc1O. The van der Waals surface area contributed by atoms with Gasteiger partial charge in [0, 0.05) is 23.3 Å². The van der Waals surface area contributed by atoms with Crippen molar-refractivity contribution < 1.29 is 14.7 Å². The van der Waals surface area contributed by atoms with Crippen LogP contribution in [0.1, 0.15) is 51.7 Å². The summed E-state index contributed by atoms with van der Waals surface area (Å²) in [6.07, 6.45) is 3.49. The molecule has 5 heteroatoms. The Kier molecular flexibility index (Phi) is 4.21. The van der Waals surface area contributed by atoms with E-state index in [0.29, 0.717) is 18.4 Å². The van der Waals surface area contributed by atoms with E-state index in [-0.39, 0.29) is 23.3 Å². The lowest BCUT2D eigenvalue weighted by Crippen LogP contribution is -2.38. The minimum atomic E-state index is -0.114. The number of para-hydroxylation sites is 1. The summed E-state index contributed by atoms with van der Waals surface area (Å²) in [6.45, 7) is 0.677. The number of likely N-dealkylation sites (tertiary alicyclic amines) is 1. The van der Waals surface area contributed by atoms with Gasteiger partial charge in [0.1, 0.15) is 5.75 Å². The van der Waals surface area contributed by atoms with Crippen molar-refractivity contribution in [2.24, 2.45) is 0 Å². The maximum Gasteiger partial charge on any atom is 0.254 e. The number of benzene rings is 2. The van der Waals surface area contributed by atoms with Crippen molar-refractivity contribution >= 4 is 23.1 Å². The van der Waals surface area contributed by atoms with E-state index in [1.165, 1.54) is 12.1 Å². The lowest BCUT2D eigenvalue weighted by atomic mass is 9.97. The number of rotatable bonds is 3. The van der Waals surface area contributed by atoms with E-state index in [2.05, 4.69) is 17.1 Å². The van der Waals surface area contributed by atoms with Crippen molar-refractivity contribution in [1.29, 1.82) is 0 Å². The number of nitrogens with one attached hydrogen (secondary N) is 1. The molecule has 0 spiro atoms. The molecule has 132 valence electrons. The van der Waals surface area contributed by atoms with Gasteiger partial charge < -0.3 is 15.0 Å². The van der Waals surface area contributed by atoms with Gasteiger partial charge in [0.25, 0.3) is 5.91 Å². The molecule has 1 aliphatic heterocycles. The van der Waals surface area contributed by atoms with E-state index in [4.69, 9.17) is 0 Å². The smallest absolute Gasteiger partial charge is 0.254 e. The van der Waals surface area contributed by atoms with Crippen LogP contribution in [0.5, 0.6) is 5.75 Å². The van der Waals surface area contributed by atoms with Crippen molar-refractivity contribution in [3.63, 3.8) is 0 Å². The summed E-state index contributed by atoms with van der Waals surface area (Å²) in [5, 5.41) is 10.8. The number of phenols is 1. The third-order valence-electron chi connectivity index (χ3n) is 5.07. The Morgan fingerprint density at radius 2 is 2.00 bits per heavy atom. The van der Waals surface area contributed by atoms with Crippen molar-refractivity contribution in [2.45, 2.75) is 25.3 Å². The third kappa shape index (κ3) is 2.86. The molecule has 2 aromatic carbocycles. The van der Waals surface area contributed by atoms with Crippen LogP contribution in [-0.2, 0) is 0 Å². The topological polar surface area (TPSA) is 73.4 Å². The molecule has 26 heavy (non-hydrogen) atoms. The molecular weight excluding hydrogens is 328 g/mol. The highest BCUT2D eigenvalue weighted by Crippen LogP contribution is 2.33. The van der Waals surface area contributed by atoms with Crippen LogP contribution < -0.4 is 0 Å². The summed E-state index contributed by atoms with van der Waals surface area (Å²) in [5.74, 6) is -0.223. The molecule has 1 fully saturated rings. The molecule has 1 aliphatic rings. The molecule has 0 radical (unpaired) electrons. The molecule has 1 unspecified atom stereocenters. The molecule has 1 aromatic heterocycles. The Labute approximate surface area is 151 Å². The standard InChI is InChI=1S/C21H20N2O3/c24-13-16-11-15(8-9-20(16)25)21(26)23-10-4-3-7-19(23)18-12-14-5-1-2-6-17(14)22-18/h1-2,5-6,8-9,11-13,19,22,25H,3-4,7,10H2. The first kappa shape index (κ1) is 16.4. The number of H-pyrrole nitrogens is 1. The molecule has 1 atom stereocenters. The van der Waals surface area contributed by atoms with Gasteiger partial charge in [0.2, 0.25) is 0 Å². The number of carbonyl (C=O) groups is 2. The minimum absolute atomic E-state index is 0.0165. The summed E-state index contributed by atoms with van der Waals surface area (Å²) in [7, 11) is 0. The number of hydrogen-bond acceptors (Lipinski definition) is 3. The van der Waals surface area contributed by atoms with Crippen LogP contribution in [0.15, 0.2) is 48.5 Å². The van der Waals surface area contributed by atoms with Gasteiger partial charge in [-0.05, 0) is 55.0 Å². The van der Waals surface area contributed by atoms with E-state index in [0.717, 1.165) is 35.9 Å². The van der Waals surface area contributed by atoms with E-state index in [1.807, 2.05) is 23.1 Å². The normalized spacial score (nSPS) is 17.4. The Morgan fingerprint density at radius 1 is 1.15 bits per heavy atom. The first-order valence-electron chi connectivity index (χ1n) is 8.84. The van der Waals surface area contributed by atoms with Gasteiger partial charge in [-0.3, -0.25) is 9.59 Å². The maximum atomic E-state index is 13.1. The van der Waals surface area contributed by atoms with Crippen molar-refractivity contribution in [1.82, 2.24) is 9.88 Å². The Balaban J connectivity index is 1.68. The second-order valence-electron chi connectivity index (χ2n) is 6.71. The maximum absolute atomic E-state index is 13.1. The van der Waals surface area contributed by atoms with Crippen LogP contribution in [0.4, 0.5) is 0 Å². The summed E-state index contributed by atoms with van der Waals surface area (Å²) in [5.41, 5.74) is 2.66. The van der Waals surface area contributed by atoms with Gasteiger partial charge >= 0.3 is 0 Å². The Bertz CT molecular complexity index is 943. The molecule has 3 aromatic rings. The first-order chi connectivity index (χ1) is 12.7. The molecule has 0 bridgehead atoms. The number of carbonyl (C=O) groups excluding carboxylic acids is 2. The summed E-state index contributed by atoms with van der Waals surface area (Å²) < 4.78 is 0. The van der Waals surface area contributed by atoms with Crippen LogP contribution in [0.25, 0.3) is 10.9 Å². The lowest BCUT2D eigenvalue weighted by molar-refractivity contribution is 0.0607. The molecule has 0 saturated carbocycles. The number of amides is 1. The monoisotopic (exact) mass is 348 g/mol. The van der Waals surface area contributed by atoms with Gasteiger partial charge in [-0.25, -0.2) is 0 Å². The van der Waals surface area contributed by atoms with Gasteiger partial charge in [0.15, 0.2) is 6.29 Å². The predicted molar refractivity (Wildman–Crippen MR) is 99.4 cm³/mol. The number of hydrogen-bond donors (Lipinski definition) is 2. The van der Waals surface area contributed by atoms with Gasteiger partial charge in [-0.1, -0.05) is 18.2 Å². The van der Waals surface area contributed by atoms with Gasteiger partial charge in [0.05, 0.1) is 11.6 Å². The zero-order chi connectivity index (χ0) is 18.1. The Hall–Kier alpha value is -3.08. The molecule has 2 heterocycles. The number of aromatic hydroxyl groups is 1. The second-order valence-corrected chi connectivity index (χ2v) is 6.71. The molecule has 4 rings (SSSR count). The number of fused-ring (bicyclic) bond motifs is 1. The fourth-order valence-corrected chi connectivity index (χ4v) is 3.72. The number of aldehydes is 1. The van der Waals surface area contributed by atoms with E-state index in [9.17, 15) is 14.7 Å². The van der Waals surface area contributed by atoms with E-state index >= 15 is 0 Å². The number of aromatic amines is 1. The van der Waals surface area contributed by atoms with Crippen LogP contribution in [0, 0.1) is 0 Å². The van der Waals surface area contributed by atoms with Gasteiger partial charge in [-0.15, -0.1) is 0 Å². The zero-order valence-electron chi connectivity index (χ0n) is 14.3. The number of aromatic nitrogens is 1. The Morgan fingerprint density at radius 3 is 2.81 bits per heavy atom. The van der Waals surface area contributed by atoms with Gasteiger partial charge in [-0.2, -0.15) is 0 Å². The number of piperidine rings is 1. The highest BCUT2D eigenvalue weighted by atomic mass is 16.3. The molecule has 1 amide bonds. The van der Waals surface area contributed by atoms with Crippen molar-refractivity contribution in [3.05, 3.63) is 65.4 Å². The van der Waals surface area contributed by atoms with Crippen molar-refractivity contribution in [3.8, 4) is 5.75 Å². The van der Waals surface area contributed by atoms with Crippen LogP contribution in [0.2, 0.25) is 0 Å². The molecule has 0 aliphatic carbocycles. The summed E-state index contributed by atoms with van der Waals surface area (Å²) in [6, 6.07) is 14.6. The fourth-order valence-electron chi connectivity index (χ4n) is 3.72. The lowest BCUT2D eigenvalue weighted by Gasteiger charge is -2.35. The molecule has 5 nitrogen and oxygen atoms in total. The quantitative estimate of drug-likeness (QED) is 0.701. The predicted octanol–water partition coefficient (Wildman–Crippen LogP) is 4.05. The van der Waals surface area contributed by atoms with Crippen LogP contribution in [-0.4, -0.2) is 33.7 Å². The van der Waals surface area contributed by atoms with E-state index < -0.39 is 0 Å². The first-order valence-corrected chi connectivity index (χ1v) is 8.84. The van der Waals surface area contributed by atoms with Crippen LogP contribution in [0.3, 0.4) is 0 Å². The van der Waals surface area contributed by atoms with Crippen molar-refractivity contribution in [2.75, 3.05) is 6.54 Å². The highest BCUT2D eigenvalue weighted by molar-refractivity contribution is 5.97. The number of nitrogens with zero attached hydrogens (tertiary/aromatic N) is 1. The molecule has 2 N–H and O–H groups in total. The average molecular weight is 348 g/mol. The largest absolute Gasteiger partial charge is 0.507 e. The molecular formula is C21H20N2O3. The molecule has 1 saturated heterocycles. The average Bonchev–Trinajstić information content (AvgIpc) is 3.12. The number of phenolic OH excluding ortho intramolecular Hbond substituents is 1. The van der Waals surface area contributed by atoms with E-state index in [1.54, 1.807) is 6.07 Å². The summed E-state index contributed by atoms with van der Waals surface area (Å²) >= 11 is 0. The summed E-state index contributed by atoms with van der Waals surface area (Å²) in [4.78, 5) is 29.5. The third-order valence-corrected chi connectivity index (χ3v) is 5.07.